The third-order valence-corrected chi connectivity index (χ3v) is 5.27. The fourth-order valence-corrected chi connectivity index (χ4v) is 3.79. The lowest BCUT2D eigenvalue weighted by Gasteiger charge is -2.20. The Balaban J connectivity index is 1.92. The summed E-state index contributed by atoms with van der Waals surface area (Å²) in [6.07, 6.45) is 0. The number of nitrogens with zero attached hydrogens (tertiary/aromatic N) is 2. The van der Waals surface area contributed by atoms with E-state index in [1.165, 1.54) is 11.3 Å². The molecular weight excluding hydrogens is 350 g/mol. The summed E-state index contributed by atoms with van der Waals surface area (Å²) < 4.78 is 11.3. The highest BCUT2D eigenvalue weighted by molar-refractivity contribution is 7.13. The average Bonchev–Trinajstić information content (AvgIpc) is 3.08. The summed E-state index contributed by atoms with van der Waals surface area (Å²) in [5, 5.41) is 19.7. The summed E-state index contributed by atoms with van der Waals surface area (Å²) in [6, 6.07) is 5.55. The van der Waals surface area contributed by atoms with E-state index in [1.807, 2.05) is 45.9 Å². The fourth-order valence-electron chi connectivity index (χ4n) is 2.81. The van der Waals surface area contributed by atoms with Crippen LogP contribution in [-0.4, -0.2) is 35.7 Å². The number of anilines is 1. The monoisotopic (exact) mass is 373 g/mol. The summed E-state index contributed by atoms with van der Waals surface area (Å²) >= 11 is 1.50. The molecule has 1 aliphatic heterocycles. The highest BCUT2D eigenvalue weighted by Crippen LogP contribution is 2.37. The van der Waals surface area contributed by atoms with Crippen molar-refractivity contribution in [3.63, 3.8) is 0 Å². The Morgan fingerprint density at radius 3 is 2.50 bits per heavy atom. The van der Waals surface area contributed by atoms with Gasteiger partial charge in [-0.25, -0.2) is 4.98 Å². The van der Waals surface area contributed by atoms with Crippen LogP contribution in [-0.2, 0) is 0 Å². The van der Waals surface area contributed by atoms with Crippen molar-refractivity contribution in [2.45, 2.75) is 27.7 Å². The van der Waals surface area contributed by atoms with Crippen molar-refractivity contribution in [1.29, 1.82) is 5.41 Å². The Kier molecular flexibility index (Phi) is 5.18. The smallest absolute Gasteiger partial charge is 0.163 e. The van der Waals surface area contributed by atoms with Crippen molar-refractivity contribution in [2.24, 2.45) is 0 Å². The Hall–Kier alpha value is -2.54. The van der Waals surface area contributed by atoms with Gasteiger partial charge < -0.3 is 19.5 Å². The number of aliphatic hydroxyl groups is 1. The lowest BCUT2D eigenvalue weighted by atomic mass is 10.2. The average molecular weight is 373 g/mol. The van der Waals surface area contributed by atoms with E-state index >= 15 is 0 Å². The zero-order valence-corrected chi connectivity index (χ0v) is 16.2. The second-order valence-corrected chi connectivity index (χ2v) is 7.12. The molecule has 2 N–H and O–H groups in total. The number of aromatic nitrogens is 1. The van der Waals surface area contributed by atoms with E-state index in [1.54, 1.807) is 4.90 Å². The Labute approximate surface area is 157 Å². The minimum absolute atomic E-state index is 0.163. The molecule has 0 fully saturated rings. The first-order valence-corrected chi connectivity index (χ1v) is 9.40. The summed E-state index contributed by atoms with van der Waals surface area (Å²) in [7, 11) is 0. The second kappa shape index (κ2) is 7.37. The van der Waals surface area contributed by atoms with Crippen LogP contribution < -0.4 is 14.4 Å². The highest BCUT2D eigenvalue weighted by Gasteiger charge is 2.32. The highest BCUT2D eigenvalue weighted by atomic mass is 32.1. The molecule has 0 spiro atoms. The molecule has 2 heterocycles. The molecular formula is C19H23N3O3S. The van der Waals surface area contributed by atoms with Gasteiger partial charge in [0.25, 0.3) is 0 Å². The van der Waals surface area contributed by atoms with Crippen LogP contribution in [0.25, 0.3) is 5.57 Å². The molecule has 26 heavy (non-hydrogen) atoms. The number of thiazole rings is 1. The summed E-state index contributed by atoms with van der Waals surface area (Å²) in [4.78, 5) is 7.33. The van der Waals surface area contributed by atoms with E-state index in [4.69, 9.17) is 14.9 Å². The van der Waals surface area contributed by atoms with Crippen molar-refractivity contribution in [1.82, 2.24) is 4.98 Å². The second-order valence-electron chi connectivity index (χ2n) is 5.91. The van der Waals surface area contributed by atoms with Gasteiger partial charge in [-0.15, -0.1) is 11.3 Å². The maximum Gasteiger partial charge on any atom is 0.163 e. The maximum absolute atomic E-state index is 10.5. The van der Waals surface area contributed by atoms with Gasteiger partial charge in [-0.1, -0.05) is 0 Å². The number of nitrogens with one attached hydrogen (secondary N) is 1. The largest absolute Gasteiger partial charge is 0.510 e. The van der Waals surface area contributed by atoms with Gasteiger partial charge in [-0.05, 0) is 39.8 Å². The van der Waals surface area contributed by atoms with E-state index in [2.05, 4.69) is 4.98 Å². The number of amidine groups is 1. The van der Waals surface area contributed by atoms with E-state index in [9.17, 15) is 5.11 Å². The molecule has 138 valence electrons. The minimum Gasteiger partial charge on any atom is -0.510 e. The minimum atomic E-state index is 0.163. The first-order chi connectivity index (χ1) is 12.5. The number of aliphatic hydroxyl groups excluding tert-OH is 1. The quantitative estimate of drug-likeness (QED) is 0.788. The van der Waals surface area contributed by atoms with Crippen molar-refractivity contribution in [2.75, 3.05) is 24.7 Å². The van der Waals surface area contributed by atoms with Gasteiger partial charge in [-0.3, -0.25) is 5.41 Å². The Bertz CT molecular complexity index is 853. The van der Waals surface area contributed by atoms with Gasteiger partial charge in [0.05, 0.1) is 31.0 Å². The Morgan fingerprint density at radius 2 is 1.88 bits per heavy atom. The number of rotatable bonds is 6. The SMILES string of the molecule is CCOc1ccc(N2CC(O)=C(c3nc(C)c(C)s3)C2=N)cc1OCC. The van der Waals surface area contributed by atoms with Crippen LogP contribution in [0, 0.1) is 19.3 Å². The molecule has 0 radical (unpaired) electrons. The van der Waals surface area contributed by atoms with Crippen LogP contribution in [0.1, 0.15) is 29.4 Å². The van der Waals surface area contributed by atoms with E-state index in [0.717, 1.165) is 16.3 Å². The zero-order chi connectivity index (χ0) is 18.8. The van der Waals surface area contributed by atoms with E-state index in [-0.39, 0.29) is 18.1 Å². The van der Waals surface area contributed by atoms with Crippen LogP contribution >= 0.6 is 11.3 Å². The van der Waals surface area contributed by atoms with Crippen LogP contribution in [0.2, 0.25) is 0 Å². The standard InChI is InChI=1S/C19H23N3O3S/c1-5-24-15-8-7-13(9-16(15)25-6-2)22-10-14(23)17(18(22)20)19-21-11(3)12(4)26-19/h7-9,20,23H,5-6,10H2,1-4H3. The molecule has 0 saturated heterocycles. The van der Waals surface area contributed by atoms with Crippen LogP contribution in [0.15, 0.2) is 24.0 Å². The predicted octanol–water partition coefficient (Wildman–Crippen LogP) is 4.32. The van der Waals surface area contributed by atoms with Gasteiger partial charge in [0.1, 0.15) is 16.6 Å². The van der Waals surface area contributed by atoms with Crippen molar-refractivity contribution < 1.29 is 14.6 Å². The maximum atomic E-state index is 10.5. The molecule has 0 unspecified atom stereocenters. The Morgan fingerprint density at radius 1 is 1.19 bits per heavy atom. The van der Waals surface area contributed by atoms with Gasteiger partial charge in [-0.2, -0.15) is 0 Å². The topological polar surface area (TPSA) is 78.7 Å². The summed E-state index contributed by atoms with van der Waals surface area (Å²) in [5.74, 6) is 1.71. The molecule has 0 saturated carbocycles. The molecule has 3 rings (SSSR count). The van der Waals surface area contributed by atoms with E-state index < -0.39 is 0 Å². The van der Waals surface area contributed by atoms with Crippen LogP contribution in [0.5, 0.6) is 11.5 Å². The first-order valence-electron chi connectivity index (χ1n) is 8.58. The predicted molar refractivity (Wildman–Crippen MR) is 105 cm³/mol. The van der Waals surface area contributed by atoms with Gasteiger partial charge in [0.15, 0.2) is 11.5 Å². The van der Waals surface area contributed by atoms with Crippen molar-refractivity contribution in [3.8, 4) is 11.5 Å². The molecule has 0 atom stereocenters. The molecule has 7 heteroatoms. The fraction of sp³-hybridized carbons (Fsp3) is 0.368. The zero-order valence-electron chi connectivity index (χ0n) is 15.4. The van der Waals surface area contributed by atoms with Crippen molar-refractivity contribution >= 4 is 28.4 Å². The summed E-state index contributed by atoms with van der Waals surface area (Å²) in [5.41, 5.74) is 2.20. The normalized spacial score (nSPS) is 14.3. The van der Waals surface area contributed by atoms with Crippen LogP contribution in [0.4, 0.5) is 5.69 Å². The number of aryl methyl sites for hydroxylation is 2. The van der Waals surface area contributed by atoms with Gasteiger partial charge in [0, 0.05) is 16.6 Å². The van der Waals surface area contributed by atoms with Crippen LogP contribution in [0.3, 0.4) is 0 Å². The van der Waals surface area contributed by atoms with Gasteiger partial charge in [0.2, 0.25) is 0 Å². The summed E-state index contributed by atoms with van der Waals surface area (Å²) in [6.45, 7) is 9.08. The molecule has 2 aromatic rings. The number of hydrogen-bond donors (Lipinski definition) is 2. The number of ether oxygens (including phenoxy) is 2. The number of benzene rings is 1. The molecule has 1 aliphatic rings. The van der Waals surface area contributed by atoms with Gasteiger partial charge >= 0.3 is 0 Å². The molecule has 0 aliphatic carbocycles. The third kappa shape index (κ3) is 3.26. The van der Waals surface area contributed by atoms with E-state index in [0.29, 0.717) is 35.3 Å². The first kappa shape index (κ1) is 18.3. The molecule has 1 aromatic carbocycles. The molecule has 0 bridgehead atoms. The van der Waals surface area contributed by atoms with Crippen molar-refractivity contribution in [3.05, 3.63) is 39.5 Å². The molecule has 1 aromatic heterocycles. The lowest BCUT2D eigenvalue weighted by Crippen LogP contribution is -2.26. The molecule has 6 nitrogen and oxygen atoms in total. The molecule has 0 amide bonds. The number of hydrogen-bond acceptors (Lipinski definition) is 6. The lowest BCUT2D eigenvalue weighted by molar-refractivity contribution is 0.288. The third-order valence-electron chi connectivity index (χ3n) is 4.18.